The highest BCUT2D eigenvalue weighted by Gasteiger charge is 2.22. The number of nitrogens with zero attached hydrogens (tertiary/aromatic N) is 3. The van der Waals surface area contributed by atoms with Crippen molar-refractivity contribution < 1.29 is 28.9 Å². The number of anilines is 1. The number of benzene rings is 2. The number of carbonyl (C=O) groups excluding carboxylic acids is 1. The molecular weight excluding hydrogens is 400 g/mol. The number of hydrogen-bond donors (Lipinski definition) is 1. The number of rotatable bonds is 10. The van der Waals surface area contributed by atoms with Gasteiger partial charge in [0.15, 0.2) is 0 Å². The second-order valence-electron chi connectivity index (χ2n) is 5.58. The number of esters is 1. The summed E-state index contributed by atoms with van der Waals surface area (Å²) in [6, 6.07) is 9.51. The minimum Gasteiger partial charge on any atom is -0.497 e. The average Bonchev–Trinajstić information content (AvgIpc) is 2.73. The first kappa shape index (κ1) is 22.1. The van der Waals surface area contributed by atoms with Crippen LogP contribution in [0.1, 0.15) is 6.92 Å². The summed E-state index contributed by atoms with van der Waals surface area (Å²) in [4.78, 5) is 32.6. The third-order valence-electron chi connectivity index (χ3n) is 3.61. The third kappa shape index (κ3) is 5.89. The first-order chi connectivity index (χ1) is 14.3. The Balaban J connectivity index is 2.22. The van der Waals surface area contributed by atoms with Crippen LogP contribution in [0, 0.1) is 20.2 Å². The molecule has 158 valence electrons. The molecule has 2 rings (SSSR count). The second-order valence-corrected chi connectivity index (χ2v) is 5.58. The van der Waals surface area contributed by atoms with Crippen molar-refractivity contribution >= 4 is 29.2 Å². The van der Waals surface area contributed by atoms with Crippen molar-refractivity contribution in [2.45, 2.75) is 13.0 Å². The number of non-ortho nitro benzene ring substituents is 1. The lowest BCUT2D eigenvalue weighted by atomic mass is 10.2. The zero-order valence-electron chi connectivity index (χ0n) is 16.0. The molecule has 1 N–H and O–H groups in total. The van der Waals surface area contributed by atoms with Crippen LogP contribution in [0.2, 0.25) is 0 Å². The standard InChI is InChI=1S/C18H18N4O8/c1-3-29-18(23)17(30-14-6-4-5-13(10-14)28-2)11-19-20-15-8-7-12(21(24)25)9-16(15)22(26)27/h4-11,17,20H,3H2,1-2H3. The van der Waals surface area contributed by atoms with E-state index in [0.717, 1.165) is 24.4 Å². The summed E-state index contributed by atoms with van der Waals surface area (Å²) in [6.07, 6.45) is -0.204. The molecule has 30 heavy (non-hydrogen) atoms. The molecule has 0 aliphatic heterocycles. The Morgan fingerprint density at radius 2 is 1.90 bits per heavy atom. The van der Waals surface area contributed by atoms with E-state index >= 15 is 0 Å². The molecule has 0 aliphatic rings. The minimum absolute atomic E-state index is 0.103. The van der Waals surface area contributed by atoms with Crippen molar-refractivity contribution in [3.63, 3.8) is 0 Å². The second kappa shape index (κ2) is 10.4. The summed E-state index contributed by atoms with van der Waals surface area (Å²) in [5.74, 6) is 0.0796. The number of nitrogens with one attached hydrogen (secondary N) is 1. The van der Waals surface area contributed by atoms with Gasteiger partial charge in [-0.2, -0.15) is 5.10 Å². The Morgan fingerprint density at radius 1 is 1.17 bits per heavy atom. The van der Waals surface area contributed by atoms with Crippen LogP contribution in [-0.2, 0) is 9.53 Å². The van der Waals surface area contributed by atoms with Crippen LogP contribution >= 0.6 is 0 Å². The fraction of sp³-hybridized carbons (Fsp3) is 0.222. The van der Waals surface area contributed by atoms with Gasteiger partial charge < -0.3 is 14.2 Å². The molecular formula is C18H18N4O8. The largest absolute Gasteiger partial charge is 0.497 e. The minimum atomic E-state index is -1.26. The van der Waals surface area contributed by atoms with E-state index in [1.807, 2.05) is 0 Å². The molecule has 0 saturated heterocycles. The molecule has 0 aromatic heterocycles. The average molecular weight is 418 g/mol. The van der Waals surface area contributed by atoms with Gasteiger partial charge in [0.25, 0.3) is 5.69 Å². The van der Waals surface area contributed by atoms with Gasteiger partial charge in [0.2, 0.25) is 6.10 Å². The van der Waals surface area contributed by atoms with E-state index in [1.165, 1.54) is 7.11 Å². The van der Waals surface area contributed by atoms with Gasteiger partial charge in [0, 0.05) is 12.1 Å². The molecule has 12 nitrogen and oxygen atoms in total. The monoisotopic (exact) mass is 418 g/mol. The number of methoxy groups -OCH3 is 1. The molecule has 1 atom stereocenters. The molecule has 0 fully saturated rings. The molecule has 0 spiro atoms. The first-order valence-corrected chi connectivity index (χ1v) is 8.55. The predicted molar refractivity (Wildman–Crippen MR) is 106 cm³/mol. The van der Waals surface area contributed by atoms with E-state index in [9.17, 15) is 25.0 Å². The molecule has 0 bridgehead atoms. The quantitative estimate of drug-likeness (QED) is 0.265. The van der Waals surface area contributed by atoms with Gasteiger partial charge in [-0.15, -0.1) is 0 Å². The molecule has 12 heteroatoms. The summed E-state index contributed by atoms with van der Waals surface area (Å²) >= 11 is 0. The van der Waals surface area contributed by atoms with Gasteiger partial charge in [-0.1, -0.05) is 6.07 Å². The summed E-state index contributed by atoms with van der Waals surface area (Å²) in [6.45, 7) is 1.72. The van der Waals surface area contributed by atoms with Gasteiger partial charge >= 0.3 is 11.7 Å². The molecule has 0 saturated carbocycles. The summed E-state index contributed by atoms with van der Waals surface area (Å²) < 4.78 is 15.6. The Labute approximate surface area is 170 Å². The number of hydrogen-bond acceptors (Lipinski definition) is 10. The topological polar surface area (TPSA) is 155 Å². The maximum absolute atomic E-state index is 12.2. The van der Waals surface area contributed by atoms with E-state index < -0.39 is 33.3 Å². The number of nitro benzene ring substituents is 2. The number of ether oxygens (including phenoxy) is 3. The normalized spacial score (nSPS) is 11.5. The number of hydrazone groups is 1. The highest BCUT2D eigenvalue weighted by molar-refractivity contribution is 5.93. The molecule has 2 aromatic carbocycles. The van der Waals surface area contributed by atoms with E-state index in [-0.39, 0.29) is 12.3 Å². The van der Waals surface area contributed by atoms with E-state index in [1.54, 1.807) is 31.2 Å². The lowest BCUT2D eigenvalue weighted by Gasteiger charge is -2.14. The van der Waals surface area contributed by atoms with Gasteiger partial charge in [-0.05, 0) is 25.1 Å². The van der Waals surface area contributed by atoms with Gasteiger partial charge in [-0.3, -0.25) is 25.7 Å². The number of nitro groups is 2. The lowest BCUT2D eigenvalue weighted by Crippen LogP contribution is -2.31. The van der Waals surface area contributed by atoms with Crippen LogP contribution in [0.15, 0.2) is 47.6 Å². The van der Waals surface area contributed by atoms with Crippen LogP contribution in [0.25, 0.3) is 0 Å². The van der Waals surface area contributed by atoms with Crippen LogP contribution < -0.4 is 14.9 Å². The van der Waals surface area contributed by atoms with Gasteiger partial charge in [-0.25, -0.2) is 4.79 Å². The van der Waals surface area contributed by atoms with E-state index in [4.69, 9.17) is 14.2 Å². The van der Waals surface area contributed by atoms with E-state index in [2.05, 4.69) is 10.5 Å². The number of carbonyl (C=O) groups is 1. The van der Waals surface area contributed by atoms with Crippen molar-refractivity contribution in [3.05, 3.63) is 62.7 Å². The van der Waals surface area contributed by atoms with Gasteiger partial charge in [0.05, 0.1) is 35.8 Å². The van der Waals surface area contributed by atoms with Crippen LogP contribution in [0.4, 0.5) is 17.1 Å². The van der Waals surface area contributed by atoms with Crippen molar-refractivity contribution in [3.8, 4) is 11.5 Å². The van der Waals surface area contributed by atoms with Crippen molar-refractivity contribution in [1.29, 1.82) is 0 Å². The van der Waals surface area contributed by atoms with E-state index in [0.29, 0.717) is 11.5 Å². The zero-order valence-corrected chi connectivity index (χ0v) is 16.0. The maximum atomic E-state index is 12.2. The summed E-state index contributed by atoms with van der Waals surface area (Å²) in [5, 5.41) is 25.8. The molecule has 0 amide bonds. The molecule has 1 unspecified atom stereocenters. The van der Waals surface area contributed by atoms with Crippen LogP contribution in [0.5, 0.6) is 11.5 Å². The summed E-state index contributed by atoms with van der Waals surface area (Å²) in [7, 11) is 1.48. The van der Waals surface area contributed by atoms with Gasteiger partial charge in [0.1, 0.15) is 17.2 Å². The molecule has 0 aliphatic carbocycles. The highest BCUT2D eigenvalue weighted by atomic mass is 16.6. The van der Waals surface area contributed by atoms with Crippen LogP contribution in [-0.4, -0.2) is 41.9 Å². The highest BCUT2D eigenvalue weighted by Crippen LogP contribution is 2.29. The Kier molecular flexibility index (Phi) is 7.62. The summed E-state index contributed by atoms with van der Waals surface area (Å²) in [5.41, 5.74) is 1.29. The smallest absolute Gasteiger partial charge is 0.353 e. The maximum Gasteiger partial charge on any atom is 0.353 e. The fourth-order valence-corrected chi connectivity index (χ4v) is 2.24. The predicted octanol–water partition coefficient (Wildman–Crippen LogP) is 2.92. The third-order valence-corrected chi connectivity index (χ3v) is 3.61. The Morgan fingerprint density at radius 3 is 2.53 bits per heavy atom. The van der Waals surface area contributed by atoms with Crippen molar-refractivity contribution in [2.75, 3.05) is 19.1 Å². The fourth-order valence-electron chi connectivity index (χ4n) is 2.24. The zero-order chi connectivity index (χ0) is 22.1. The molecule has 0 radical (unpaired) electrons. The SMILES string of the molecule is CCOC(=O)C(C=NNc1ccc([N+](=O)[O-])cc1[N+](=O)[O-])Oc1cccc(OC)c1. The Hall–Kier alpha value is -4.22. The first-order valence-electron chi connectivity index (χ1n) is 8.55. The van der Waals surface area contributed by atoms with Crippen molar-refractivity contribution in [1.82, 2.24) is 0 Å². The lowest BCUT2D eigenvalue weighted by molar-refractivity contribution is -0.393. The Bertz CT molecular complexity index is 963. The van der Waals surface area contributed by atoms with Crippen molar-refractivity contribution in [2.24, 2.45) is 5.10 Å². The van der Waals surface area contributed by atoms with Crippen LogP contribution in [0.3, 0.4) is 0 Å². The molecule has 2 aromatic rings. The molecule has 0 heterocycles.